The monoisotopic (exact) mass is 460 g/mol. The van der Waals surface area contributed by atoms with E-state index in [0.29, 0.717) is 23.8 Å². The molecule has 0 aliphatic heterocycles. The maximum absolute atomic E-state index is 13.3. The number of nitrogens with zero attached hydrogens (tertiary/aromatic N) is 1. The van der Waals surface area contributed by atoms with Crippen LogP contribution in [0.1, 0.15) is 12.7 Å². The van der Waals surface area contributed by atoms with Gasteiger partial charge >= 0.3 is 0 Å². The van der Waals surface area contributed by atoms with Crippen LogP contribution in [0.5, 0.6) is 5.75 Å². The number of hydrogen-bond acceptors (Lipinski definition) is 6. The van der Waals surface area contributed by atoms with Crippen molar-refractivity contribution in [3.8, 4) is 5.75 Å². The minimum absolute atomic E-state index is 0.0681. The molecule has 1 aromatic heterocycles. The fraction of sp³-hybridized carbons (Fsp3) is 0.227. The van der Waals surface area contributed by atoms with Gasteiger partial charge in [-0.2, -0.15) is 4.31 Å². The molecule has 0 spiro atoms. The molecule has 0 saturated heterocycles. The predicted octanol–water partition coefficient (Wildman–Crippen LogP) is 4.23. The molecule has 0 aliphatic rings. The zero-order valence-corrected chi connectivity index (χ0v) is 18.9. The number of sulfonamides is 1. The molecule has 31 heavy (non-hydrogen) atoms. The van der Waals surface area contributed by atoms with Gasteiger partial charge in [0.2, 0.25) is 15.9 Å². The van der Waals surface area contributed by atoms with Crippen LogP contribution >= 0.6 is 11.8 Å². The highest BCUT2D eigenvalue weighted by Gasteiger charge is 2.28. The van der Waals surface area contributed by atoms with E-state index in [2.05, 4.69) is 5.32 Å². The number of carbonyl (C=O) groups is 1. The van der Waals surface area contributed by atoms with Crippen molar-refractivity contribution in [1.82, 2.24) is 4.31 Å². The van der Waals surface area contributed by atoms with E-state index >= 15 is 0 Å². The van der Waals surface area contributed by atoms with Gasteiger partial charge in [-0.15, -0.1) is 11.8 Å². The highest BCUT2D eigenvalue weighted by Crippen LogP contribution is 2.22. The number of amides is 1. The van der Waals surface area contributed by atoms with Crippen molar-refractivity contribution in [1.29, 1.82) is 0 Å². The van der Waals surface area contributed by atoms with E-state index < -0.39 is 15.9 Å². The molecule has 0 bridgehead atoms. The average molecular weight is 461 g/mol. The fourth-order valence-corrected chi connectivity index (χ4v) is 4.63. The van der Waals surface area contributed by atoms with Crippen LogP contribution in [0.4, 0.5) is 5.69 Å². The van der Waals surface area contributed by atoms with Gasteiger partial charge in [-0.25, -0.2) is 8.42 Å². The molecule has 0 aliphatic carbocycles. The first kappa shape index (κ1) is 22.9. The number of ether oxygens (including phenoxy) is 1. The number of thioether (sulfide) groups is 1. The summed E-state index contributed by atoms with van der Waals surface area (Å²) in [7, 11) is -3.95. The molecule has 0 saturated carbocycles. The highest BCUT2D eigenvalue weighted by atomic mass is 32.2. The quantitative estimate of drug-likeness (QED) is 0.456. The second-order valence-electron chi connectivity index (χ2n) is 6.53. The molecule has 7 nitrogen and oxygen atoms in total. The second-order valence-corrected chi connectivity index (χ2v) is 9.35. The number of benzene rings is 2. The first-order chi connectivity index (χ1) is 14.9. The van der Waals surface area contributed by atoms with Gasteiger partial charge in [0.05, 0.1) is 30.9 Å². The number of nitrogens with one attached hydrogen (secondary N) is 1. The molecule has 0 unspecified atom stereocenters. The van der Waals surface area contributed by atoms with Crippen molar-refractivity contribution in [2.45, 2.75) is 23.3 Å². The van der Waals surface area contributed by atoms with Crippen LogP contribution in [0.2, 0.25) is 0 Å². The first-order valence-corrected chi connectivity index (χ1v) is 12.3. The Morgan fingerprint density at radius 3 is 2.39 bits per heavy atom. The Morgan fingerprint density at radius 2 is 1.81 bits per heavy atom. The molecular formula is C22H24N2O5S2. The van der Waals surface area contributed by atoms with E-state index in [4.69, 9.17) is 9.15 Å². The largest absolute Gasteiger partial charge is 0.494 e. The number of furan rings is 1. The molecule has 0 radical (unpaired) electrons. The summed E-state index contributed by atoms with van der Waals surface area (Å²) in [5, 5.41) is 2.75. The summed E-state index contributed by atoms with van der Waals surface area (Å²) in [4.78, 5) is 13.8. The van der Waals surface area contributed by atoms with E-state index in [1.54, 1.807) is 48.2 Å². The van der Waals surface area contributed by atoms with Crippen molar-refractivity contribution >= 4 is 33.4 Å². The van der Waals surface area contributed by atoms with Gasteiger partial charge in [0.1, 0.15) is 11.5 Å². The lowest BCUT2D eigenvalue weighted by Gasteiger charge is -2.21. The van der Waals surface area contributed by atoms with Crippen molar-refractivity contribution in [3.63, 3.8) is 0 Å². The zero-order chi connectivity index (χ0) is 22.3. The van der Waals surface area contributed by atoms with E-state index in [9.17, 15) is 13.2 Å². The van der Waals surface area contributed by atoms with Crippen molar-refractivity contribution in [3.05, 3.63) is 72.7 Å². The van der Waals surface area contributed by atoms with Crippen LogP contribution in [0.25, 0.3) is 0 Å². The summed E-state index contributed by atoms with van der Waals surface area (Å²) < 4.78 is 38.3. The summed E-state index contributed by atoms with van der Waals surface area (Å²) in [6.45, 7) is 1.90. The number of hydrogen-bond donors (Lipinski definition) is 1. The molecule has 3 aromatic rings. The number of rotatable bonds is 10. The standard InChI is InChI=1S/C22H24N2O5S2/c1-3-28-18-8-12-21(13-9-18)31(26,27)24(15-19-5-4-14-29-19)16-22(25)23-17-6-10-20(30-2)11-7-17/h4-14H,3,15-16H2,1-2H3,(H,23,25). The molecular weight excluding hydrogens is 436 g/mol. The normalized spacial score (nSPS) is 11.5. The van der Waals surface area contributed by atoms with Crippen LogP contribution in [-0.2, 0) is 21.4 Å². The van der Waals surface area contributed by atoms with E-state index in [1.165, 1.54) is 18.4 Å². The Morgan fingerprint density at radius 1 is 1.10 bits per heavy atom. The lowest BCUT2D eigenvalue weighted by molar-refractivity contribution is -0.116. The van der Waals surface area contributed by atoms with E-state index in [-0.39, 0.29) is 18.0 Å². The first-order valence-electron chi connectivity index (χ1n) is 9.61. The number of anilines is 1. The summed E-state index contributed by atoms with van der Waals surface area (Å²) in [5.74, 6) is 0.565. The maximum Gasteiger partial charge on any atom is 0.243 e. The Balaban J connectivity index is 1.80. The van der Waals surface area contributed by atoms with Gasteiger partial charge in [0.25, 0.3) is 0 Å². The van der Waals surface area contributed by atoms with Gasteiger partial charge in [-0.05, 0) is 73.8 Å². The molecule has 1 N–H and O–H groups in total. The number of carbonyl (C=O) groups excluding carboxylic acids is 1. The SMILES string of the molecule is CCOc1ccc(S(=O)(=O)N(CC(=O)Nc2ccc(SC)cc2)Cc2ccco2)cc1. The summed E-state index contributed by atoms with van der Waals surface area (Å²) in [5.41, 5.74) is 0.596. The van der Waals surface area contributed by atoms with Crippen LogP contribution in [0, 0.1) is 0 Å². The molecule has 164 valence electrons. The molecule has 1 amide bonds. The molecule has 0 atom stereocenters. The van der Waals surface area contributed by atoms with Crippen LogP contribution in [0.3, 0.4) is 0 Å². The predicted molar refractivity (Wildman–Crippen MR) is 121 cm³/mol. The minimum atomic E-state index is -3.95. The molecule has 1 heterocycles. The summed E-state index contributed by atoms with van der Waals surface area (Å²) in [6.07, 6.45) is 3.43. The minimum Gasteiger partial charge on any atom is -0.494 e. The Labute approximate surface area is 186 Å². The van der Waals surface area contributed by atoms with Crippen molar-refractivity contribution in [2.75, 3.05) is 24.7 Å². The molecule has 2 aromatic carbocycles. The Kier molecular flexibility index (Phi) is 7.78. The lowest BCUT2D eigenvalue weighted by atomic mass is 10.3. The third-order valence-electron chi connectivity index (χ3n) is 4.38. The van der Waals surface area contributed by atoms with Crippen LogP contribution < -0.4 is 10.1 Å². The summed E-state index contributed by atoms with van der Waals surface area (Å²) >= 11 is 1.59. The topological polar surface area (TPSA) is 88.9 Å². The van der Waals surface area contributed by atoms with E-state index in [1.807, 2.05) is 25.3 Å². The van der Waals surface area contributed by atoms with Gasteiger partial charge in [-0.3, -0.25) is 4.79 Å². The van der Waals surface area contributed by atoms with Crippen molar-refractivity contribution < 1.29 is 22.4 Å². The average Bonchev–Trinajstić information content (AvgIpc) is 3.28. The Hall–Kier alpha value is -2.75. The zero-order valence-electron chi connectivity index (χ0n) is 17.3. The van der Waals surface area contributed by atoms with Gasteiger partial charge in [0.15, 0.2) is 0 Å². The van der Waals surface area contributed by atoms with Crippen molar-refractivity contribution in [2.24, 2.45) is 0 Å². The fourth-order valence-electron chi connectivity index (χ4n) is 2.86. The third kappa shape index (κ3) is 6.13. The van der Waals surface area contributed by atoms with Gasteiger partial charge in [0, 0.05) is 10.6 Å². The Bertz CT molecular complexity index is 1080. The van der Waals surface area contributed by atoms with Crippen LogP contribution in [-0.4, -0.2) is 38.0 Å². The van der Waals surface area contributed by atoms with Gasteiger partial charge < -0.3 is 14.5 Å². The van der Waals surface area contributed by atoms with Crippen LogP contribution in [0.15, 0.2) is 81.1 Å². The highest BCUT2D eigenvalue weighted by molar-refractivity contribution is 7.98. The maximum atomic E-state index is 13.3. The van der Waals surface area contributed by atoms with E-state index in [0.717, 1.165) is 9.20 Å². The smallest absolute Gasteiger partial charge is 0.243 e. The molecule has 0 fully saturated rings. The lowest BCUT2D eigenvalue weighted by Crippen LogP contribution is -2.37. The molecule has 3 rings (SSSR count). The molecule has 9 heteroatoms. The second kappa shape index (κ2) is 10.5. The van der Waals surface area contributed by atoms with Gasteiger partial charge in [-0.1, -0.05) is 0 Å². The summed E-state index contributed by atoms with van der Waals surface area (Å²) in [6, 6.07) is 16.8. The third-order valence-corrected chi connectivity index (χ3v) is 6.93.